The molecule has 1 N–H and O–H groups in total. The van der Waals surface area contributed by atoms with E-state index in [1.807, 2.05) is 11.8 Å². The van der Waals surface area contributed by atoms with E-state index in [1.54, 1.807) is 23.9 Å². The number of halogens is 1. The molecule has 1 amide bonds. The Kier molecular flexibility index (Phi) is 6.67. The first kappa shape index (κ1) is 17.2. The first-order valence-corrected chi connectivity index (χ1v) is 8.59. The molecule has 122 valence electrons. The number of carbonyl (C=O) groups is 1. The fraction of sp³-hybridized carbons (Fsp3) is 0.562. The number of amides is 1. The highest BCUT2D eigenvalue weighted by atomic mass is 32.2. The maximum absolute atomic E-state index is 12.9. The fourth-order valence-corrected chi connectivity index (χ4v) is 3.38. The first-order chi connectivity index (χ1) is 10.6. The summed E-state index contributed by atoms with van der Waals surface area (Å²) in [5, 5.41) is 8.93. The molecule has 1 unspecified atom stereocenters. The standard InChI is InChI=1S/C16H23FN2O2S/c1-13(12-22-15-4-2-14(17)3-5-15)16(21)19-8-6-18(7-9-19)10-11-20/h2-5,13,20H,6-12H2,1H3. The quantitative estimate of drug-likeness (QED) is 0.808. The van der Waals surface area contributed by atoms with E-state index in [1.165, 1.54) is 12.1 Å². The molecule has 1 aromatic carbocycles. The maximum Gasteiger partial charge on any atom is 0.226 e. The second-order valence-corrected chi connectivity index (χ2v) is 6.65. The van der Waals surface area contributed by atoms with Gasteiger partial charge in [-0.1, -0.05) is 6.92 Å². The summed E-state index contributed by atoms with van der Waals surface area (Å²) in [5.41, 5.74) is 0. The van der Waals surface area contributed by atoms with E-state index in [0.29, 0.717) is 12.3 Å². The molecular weight excluding hydrogens is 303 g/mol. The molecule has 0 aliphatic carbocycles. The Morgan fingerprint density at radius 2 is 1.91 bits per heavy atom. The molecule has 1 aromatic rings. The number of benzene rings is 1. The van der Waals surface area contributed by atoms with Crippen molar-refractivity contribution >= 4 is 17.7 Å². The lowest BCUT2D eigenvalue weighted by Gasteiger charge is -2.35. The highest BCUT2D eigenvalue weighted by Gasteiger charge is 2.24. The zero-order chi connectivity index (χ0) is 15.9. The van der Waals surface area contributed by atoms with E-state index in [9.17, 15) is 9.18 Å². The molecule has 0 spiro atoms. The number of carbonyl (C=O) groups excluding carboxylic acids is 1. The molecule has 1 aliphatic heterocycles. The zero-order valence-corrected chi connectivity index (χ0v) is 13.7. The molecule has 0 aromatic heterocycles. The normalized spacial score (nSPS) is 17.5. The van der Waals surface area contributed by atoms with Gasteiger partial charge in [0.1, 0.15) is 5.82 Å². The molecule has 4 nitrogen and oxygen atoms in total. The summed E-state index contributed by atoms with van der Waals surface area (Å²) in [6.07, 6.45) is 0. The molecular formula is C16H23FN2O2S. The average molecular weight is 326 g/mol. The molecule has 0 saturated carbocycles. The van der Waals surface area contributed by atoms with Crippen LogP contribution in [0.1, 0.15) is 6.92 Å². The second kappa shape index (κ2) is 8.50. The molecule has 1 saturated heterocycles. The van der Waals surface area contributed by atoms with Gasteiger partial charge in [0.05, 0.1) is 6.61 Å². The van der Waals surface area contributed by atoms with Crippen molar-refractivity contribution in [3.63, 3.8) is 0 Å². The van der Waals surface area contributed by atoms with Gasteiger partial charge in [-0.15, -0.1) is 11.8 Å². The minimum Gasteiger partial charge on any atom is -0.395 e. The van der Waals surface area contributed by atoms with Crippen molar-refractivity contribution < 1.29 is 14.3 Å². The molecule has 6 heteroatoms. The van der Waals surface area contributed by atoms with Gasteiger partial charge in [-0.3, -0.25) is 9.69 Å². The topological polar surface area (TPSA) is 43.8 Å². The maximum atomic E-state index is 12.9. The molecule has 1 atom stereocenters. The van der Waals surface area contributed by atoms with Gasteiger partial charge < -0.3 is 10.0 Å². The third-order valence-corrected chi connectivity index (χ3v) is 5.11. The third-order valence-electron chi connectivity index (χ3n) is 3.84. The number of aliphatic hydroxyl groups is 1. The summed E-state index contributed by atoms with van der Waals surface area (Å²) in [7, 11) is 0. The fourth-order valence-electron chi connectivity index (χ4n) is 2.47. The number of rotatable bonds is 6. The Balaban J connectivity index is 1.76. The predicted octanol–water partition coefficient (Wildman–Crippen LogP) is 1.69. The van der Waals surface area contributed by atoms with Gasteiger partial charge in [-0.25, -0.2) is 4.39 Å². The van der Waals surface area contributed by atoms with Crippen molar-refractivity contribution in [3.8, 4) is 0 Å². The lowest BCUT2D eigenvalue weighted by Crippen LogP contribution is -2.50. The zero-order valence-electron chi connectivity index (χ0n) is 12.9. The number of piperazine rings is 1. The molecule has 1 fully saturated rings. The molecule has 0 bridgehead atoms. The van der Waals surface area contributed by atoms with Crippen molar-refractivity contribution in [1.82, 2.24) is 9.80 Å². The monoisotopic (exact) mass is 326 g/mol. The van der Waals surface area contributed by atoms with E-state index in [4.69, 9.17) is 5.11 Å². The number of nitrogens with zero attached hydrogens (tertiary/aromatic N) is 2. The van der Waals surface area contributed by atoms with E-state index in [-0.39, 0.29) is 24.2 Å². The van der Waals surface area contributed by atoms with Crippen LogP contribution in [0.3, 0.4) is 0 Å². The average Bonchev–Trinajstić information content (AvgIpc) is 2.54. The van der Waals surface area contributed by atoms with Crippen LogP contribution >= 0.6 is 11.8 Å². The molecule has 0 radical (unpaired) electrons. The van der Waals surface area contributed by atoms with Crippen LogP contribution < -0.4 is 0 Å². The van der Waals surface area contributed by atoms with Gasteiger partial charge in [-0.05, 0) is 24.3 Å². The summed E-state index contributed by atoms with van der Waals surface area (Å²) in [6.45, 7) is 5.89. The highest BCUT2D eigenvalue weighted by molar-refractivity contribution is 7.99. The highest BCUT2D eigenvalue weighted by Crippen LogP contribution is 2.22. The lowest BCUT2D eigenvalue weighted by molar-refractivity contribution is -0.136. The smallest absolute Gasteiger partial charge is 0.226 e. The van der Waals surface area contributed by atoms with Gasteiger partial charge in [0.25, 0.3) is 0 Å². The van der Waals surface area contributed by atoms with Crippen LogP contribution in [0.15, 0.2) is 29.2 Å². The number of hydrogen-bond acceptors (Lipinski definition) is 4. The van der Waals surface area contributed by atoms with Crippen molar-refractivity contribution in [3.05, 3.63) is 30.1 Å². The van der Waals surface area contributed by atoms with E-state index >= 15 is 0 Å². The van der Waals surface area contributed by atoms with Crippen LogP contribution in [-0.4, -0.2) is 65.9 Å². The molecule has 1 aliphatic rings. The first-order valence-electron chi connectivity index (χ1n) is 7.60. The van der Waals surface area contributed by atoms with Crippen molar-refractivity contribution in [2.24, 2.45) is 5.92 Å². The summed E-state index contributed by atoms with van der Waals surface area (Å²) in [4.78, 5) is 17.5. The van der Waals surface area contributed by atoms with Crippen LogP contribution in [0.25, 0.3) is 0 Å². The van der Waals surface area contributed by atoms with Crippen molar-refractivity contribution in [1.29, 1.82) is 0 Å². The van der Waals surface area contributed by atoms with Crippen LogP contribution in [0.4, 0.5) is 4.39 Å². The van der Waals surface area contributed by atoms with Crippen molar-refractivity contribution in [2.75, 3.05) is 45.1 Å². The Morgan fingerprint density at radius 3 is 2.50 bits per heavy atom. The van der Waals surface area contributed by atoms with Crippen molar-refractivity contribution in [2.45, 2.75) is 11.8 Å². The van der Waals surface area contributed by atoms with E-state index < -0.39 is 0 Å². The largest absolute Gasteiger partial charge is 0.395 e. The third kappa shape index (κ3) is 4.97. The van der Waals surface area contributed by atoms with E-state index in [0.717, 1.165) is 31.1 Å². The van der Waals surface area contributed by atoms with Crippen LogP contribution in [-0.2, 0) is 4.79 Å². The summed E-state index contributed by atoms with van der Waals surface area (Å²) < 4.78 is 12.9. The van der Waals surface area contributed by atoms with Gasteiger partial charge in [0.2, 0.25) is 5.91 Å². The number of hydrogen-bond donors (Lipinski definition) is 1. The number of aliphatic hydroxyl groups excluding tert-OH is 1. The Bertz CT molecular complexity index is 476. The Labute approximate surface area is 135 Å². The van der Waals surface area contributed by atoms with Gasteiger partial charge in [0.15, 0.2) is 0 Å². The molecule has 22 heavy (non-hydrogen) atoms. The van der Waals surface area contributed by atoms with Gasteiger partial charge in [0, 0.05) is 49.3 Å². The SMILES string of the molecule is CC(CSc1ccc(F)cc1)C(=O)N1CCN(CCO)CC1. The van der Waals surface area contributed by atoms with E-state index in [2.05, 4.69) is 4.90 Å². The summed E-state index contributed by atoms with van der Waals surface area (Å²) in [5.74, 6) is 0.577. The Hall–Kier alpha value is -1.11. The lowest BCUT2D eigenvalue weighted by atomic mass is 10.1. The summed E-state index contributed by atoms with van der Waals surface area (Å²) in [6, 6.07) is 6.36. The number of β-amino-alcohol motifs (C(OH)–C–C–N with tert-alkyl or cyclic N) is 1. The van der Waals surface area contributed by atoms with Crippen LogP contribution in [0.5, 0.6) is 0 Å². The van der Waals surface area contributed by atoms with Crippen LogP contribution in [0, 0.1) is 11.7 Å². The minimum atomic E-state index is -0.241. The van der Waals surface area contributed by atoms with Crippen LogP contribution in [0.2, 0.25) is 0 Å². The van der Waals surface area contributed by atoms with Gasteiger partial charge in [-0.2, -0.15) is 0 Å². The predicted molar refractivity (Wildman–Crippen MR) is 86.4 cm³/mol. The number of thioether (sulfide) groups is 1. The molecule has 1 heterocycles. The summed E-state index contributed by atoms with van der Waals surface area (Å²) >= 11 is 1.58. The second-order valence-electron chi connectivity index (χ2n) is 5.56. The minimum absolute atomic E-state index is 0.0561. The Morgan fingerprint density at radius 1 is 1.27 bits per heavy atom. The van der Waals surface area contributed by atoms with Gasteiger partial charge >= 0.3 is 0 Å². The molecule has 2 rings (SSSR count).